The quantitative estimate of drug-likeness (QED) is 0.743. The number of methoxy groups -OCH3 is 1. The fraction of sp³-hybridized carbons (Fsp3) is 0.538. The monoisotopic (exact) mass is 226 g/mol. The van der Waals surface area contributed by atoms with Gasteiger partial charge in [0.05, 0.1) is 12.1 Å². The van der Waals surface area contributed by atoms with Gasteiger partial charge in [-0.3, -0.25) is 0 Å². The first kappa shape index (κ1) is 12.4. The molecule has 0 aromatic heterocycles. The molecule has 0 heterocycles. The van der Waals surface area contributed by atoms with Crippen LogP contribution in [0.3, 0.4) is 0 Å². The lowest BCUT2D eigenvalue weighted by Crippen LogP contribution is -2.13. The maximum Gasteiger partial charge on any atom is 0.137 e. The molecule has 0 amide bonds. The lowest BCUT2D eigenvalue weighted by Gasteiger charge is -2.22. The van der Waals surface area contributed by atoms with Crippen molar-refractivity contribution in [1.29, 1.82) is 0 Å². The fourth-order valence-corrected chi connectivity index (χ4v) is 1.69. The van der Waals surface area contributed by atoms with Crippen LogP contribution in [0.1, 0.15) is 32.8 Å². The van der Waals surface area contributed by atoms with Crippen molar-refractivity contribution in [3.8, 4) is 5.75 Å². The summed E-state index contributed by atoms with van der Waals surface area (Å²) in [6, 6.07) is 6.00. The van der Waals surface area contributed by atoms with Crippen molar-refractivity contribution in [1.82, 2.24) is 0 Å². The van der Waals surface area contributed by atoms with Crippen molar-refractivity contribution >= 4 is 11.6 Å². The highest BCUT2D eigenvalue weighted by atomic mass is 35.5. The maximum absolute atomic E-state index is 5.98. The highest BCUT2D eigenvalue weighted by Crippen LogP contribution is 2.30. The Balaban J connectivity index is 2.87. The summed E-state index contributed by atoms with van der Waals surface area (Å²) in [6.07, 6.45) is 2.22. The largest absolute Gasteiger partial charge is 0.495 e. The zero-order valence-electron chi connectivity index (χ0n) is 9.93. The van der Waals surface area contributed by atoms with Gasteiger partial charge >= 0.3 is 0 Å². The number of rotatable bonds is 4. The summed E-state index contributed by atoms with van der Waals surface area (Å²) in [4.78, 5) is 0. The smallest absolute Gasteiger partial charge is 0.137 e. The Kier molecular flexibility index (Phi) is 4.04. The molecule has 84 valence electrons. The molecule has 15 heavy (non-hydrogen) atoms. The van der Waals surface area contributed by atoms with Crippen LogP contribution in [0, 0.1) is 5.41 Å². The number of hydrogen-bond donors (Lipinski definition) is 0. The van der Waals surface area contributed by atoms with E-state index in [1.165, 1.54) is 5.56 Å². The molecule has 0 unspecified atom stereocenters. The van der Waals surface area contributed by atoms with E-state index in [0.29, 0.717) is 10.4 Å². The van der Waals surface area contributed by atoms with E-state index >= 15 is 0 Å². The molecule has 2 heteroatoms. The lowest BCUT2D eigenvalue weighted by atomic mass is 9.83. The van der Waals surface area contributed by atoms with Crippen LogP contribution < -0.4 is 4.74 Å². The summed E-state index contributed by atoms with van der Waals surface area (Å²) >= 11 is 5.98. The summed E-state index contributed by atoms with van der Waals surface area (Å²) in [5.74, 6) is 0.765. The normalized spacial score (nSPS) is 11.5. The minimum atomic E-state index is 0.332. The van der Waals surface area contributed by atoms with Crippen LogP contribution in [0.5, 0.6) is 5.75 Å². The molecule has 0 saturated heterocycles. The average molecular weight is 227 g/mol. The highest BCUT2D eigenvalue weighted by Gasteiger charge is 2.16. The molecule has 1 nitrogen and oxygen atoms in total. The highest BCUT2D eigenvalue weighted by molar-refractivity contribution is 6.32. The number of hydrogen-bond acceptors (Lipinski definition) is 1. The third-order valence-corrected chi connectivity index (χ3v) is 3.17. The van der Waals surface area contributed by atoms with Crippen LogP contribution in [0.4, 0.5) is 0 Å². The van der Waals surface area contributed by atoms with Gasteiger partial charge in [-0.05, 0) is 29.5 Å². The first-order chi connectivity index (χ1) is 6.98. The van der Waals surface area contributed by atoms with Crippen LogP contribution in [0.2, 0.25) is 5.02 Å². The number of ether oxygens (including phenoxy) is 1. The van der Waals surface area contributed by atoms with E-state index in [9.17, 15) is 0 Å². The van der Waals surface area contributed by atoms with Crippen LogP contribution in [-0.4, -0.2) is 7.11 Å². The van der Waals surface area contributed by atoms with Gasteiger partial charge in [-0.1, -0.05) is 44.9 Å². The Morgan fingerprint density at radius 3 is 2.53 bits per heavy atom. The van der Waals surface area contributed by atoms with Gasteiger partial charge in [0.2, 0.25) is 0 Å². The number of halogens is 1. The molecule has 1 aromatic carbocycles. The first-order valence-corrected chi connectivity index (χ1v) is 5.69. The molecule has 0 atom stereocenters. The Hall–Kier alpha value is -0.690. The predicted octanol–water partition coefficient (Wildman–Crippen LogP) is 4.33. The minimum Gasteiger partial charge on any atom is -0.495 e. The van der Waals surface area contributed by atoms with Crippen molar-refractivity contribution in [2.45, 2.75) is 33.6 Å². The van der Waals surface area contributed by atoms with Crippen LogP contribution in [0.15, 0.2) is 18.2 Å². The van der Waals surface area contributed by atoms with E-state index in [-0.39, 0.29) is 0 Å². The average Bonchev–Trinajstić information content (AvgIpc) is 2.20. The Morgan fingerprint density at radius 2 is 2.00 bits per heavy atom. The first-order valence-electron chi connectivity index (χ1n) is 5.31. The molecule has 0 aliphatic carbocycles. The number of benzene rings is 1. The van der Waals surface area contributed by atoms with Crippen LogP contribution >= 0.6 is 11.6 Å². The molecular weight excluding hydrogens is 208 g/mol. The van der Waals surface area contributed by atoms with E-state index < -0.39 is 0 Å². The second-order valence-electron chi connectivity index (χ2n) is 4.66. The summed E-state index contributed by atoms with van der Waals surface area (Å²) in [7, 11) is 1.65. The van der Waals surface area contributed by atoms with Gasteiger partial charge in [0.1, 0.15) is 5.75 Å². The van der Waals surface area contributed by atoms with Gasteiger partial charge in [-0.25, -0.2) is 0 Å². The summed E-state index contributed by atoms with van der Waals surface area (Å²) in [5.41, 5.74) is 1.61. The van der Waals surface area contributed by atoms with Crippen molar-refractivity contribution < 1.29 is 4.74 Å². The maximum atomic E-state index is 5.98. The molecule has 0 aliphatic rings. The van der Waals surface area contributed by atoms with Crippen LogP contribution in [-0.2, 0) is 6.42 Å². The van der Waals surface area contributed by atoms with E-state index in [4.69, 9.17) is 16.3 Å². The lowest BCUT2D eigenvalue weighted by molar-refractivity contribution is 0.348. The van der Waals surface area contributed by atoms with E-state index in [0.717, 1.165) is 18.6 Å². The molecule has 0 aliphatic heterocycles. The third kappa shape index (κ3) is 3.42. The van der Waals surface area contributed by atoms with Gasteiger partial charge < -0.3 is 4.74 Å². The van der Waals surface area contributed by atoms with Gasteiger partial charge in [-0.15, -0.1) is 0 Å². The third-order valence-electron chi connectivity index (χ3n) is 2.86. The molecule has 0 spiro atoms. The zero-order chi connectivity index (χ0) is 11.5. The molecule has 0 bridgehead atoms. The fourth-order valence-electron chi connectivity index (χ4n) is 1.49. The second kappa shape index (κ2) is 4.89. The van der Waals surface area contributed by atoms with Gasteiger partial charge in [0.25, 0.3) is 0 Å². The Morgan fingerprint density at radius 1 is 1.33 bits per heavy atom. The van der Waals surface area contributed by atoms with Gasteiger partial charge in [-0.2, -0.15) is 0 Å². The van der Waals surface area contributed by atoms with Gasteiger partial charge in [0.15, 0.2) is 0 Å². The molecule has 1 rings (SSSR count). The summed E-state index contributed by atoms with van der Waals surface area (Å²) < 4.78 is 5.20. The van der Waals surface area contributed by atoms with E-state index in [2.05, 4.69) is 26.8 Å². The van der Waals surface area contributed by atoms with Crippen molar-refractivity contribution in [3.63, 3.8) is 0 Å². The van der Waals surface area contributed by atoms with Crippen molar-refractivity contribution in [2.24, 2.45) is 5.41 Å². The van der Waals surface area contributed by atoms with Gasteiger partial charge in [0, 0.05) is 0 Å². The van der Waals surface area contributed by atoms with Crippen molar-refractivity contribution in [2.75, 3.05) is 7.11 Å². The molecule has 0 fully saturated rings. The Bertz CT molecular complexity index is 331. The topological polar surface area (TPSA) is 9.23 Å². The SMILES string of the molecule is CCC(C)(C)Cc1ccc(Cl)c(OC)c1. The molecule has 0 radical (unpaired) electrons. The Labute approximate surface area is 97.4 Å². The molecular formula is C13H19ClO. The standard InChI is InChI=1S/C13H19ClO/c1-5-13(2,3)9-10-6-7-11(14)12(8-10)15-4/h6-8H,5,9H2,1-4H3. The predicted molar refractivity (Wildman–Crippen MR) is 65.8 cm³/mol. The summed E-state index contributed by atoms with van der Waals surface area (Å²) in [6.45, 7) is 6.76. The molecule has 0 N–H and O–H groups in total. The molecule has 1 aromatic rings. The van der Waals surface area contributed by atoms with Crippen LogP contribution in [0.25, 0.3) is 0 Å². The van der Waals surface area contributed by atoms with E-state index in [1.807, 2.05) is 12.1 Å². The second-order valence-corrected chi connectivity index (χ2v) is 5.07. The molecule has 0 saturated carbocycles. The van der Waals surface area contributed by atoms with Crippen molar-refractivity contribution in [3.05, 3.63) is 28.8 Å². The summed E-state index contributed by atoms with van der Waals surface area (Å²) in [5, 5.41) is 0.676. The van der Waals surface area contributed by atoms with E-state index in [1.54, 1.807) is 7.11 Å². The minimum absolute atomic E-state index is 0.332. The zero-order valence-corrected chi connectivity index (χ0v) is 10.7.